The molecule has 0 spiro atoms. The third kappa shape index (κ3) is 4.78. The van der Waals surface area contributed by atoms with Crippen molar-refractivity contribution in [1.29, 1.82) is 0 Å². The summed E-state index contributed by atoms with van der Waals surface area (Å²) in [6.45, 7) is 0.197. The smallest absolute Gasteiger partial charge is 0.331 e. The van der Waals surface area contributed by atoms with Gasteiger partial charge in [-0.2, -0.15) is 0 Å². The summed E-state index contributed by atoms with van der Waals surface area (Å²) < 4.78 is 20.7. The van der Waals surface area contributed by atoms with Crippen LogP contribution in [0, 0.1) is 0 Å². The van der Waals surface area contributed by atoms with Crippen molar-refractivity contribution >= 4 is 12.0 Å². The highest BCUT2D eigenvalue weighted by molar-refractivity contribution is 5.87. The van der Waals surface area contributed by atoms with Gasteiger partial charge in [0, 0.05) is 11.6 Å². The zero-order chi connectivity index (χ0) is 17.4. The minimum atomic E-state index is -0.435. The normalized spacial score (nSPS) is 10.5. The molecule has 0 amide bonds. The first-order chi connectivity index (χ1) is 11.7. The maximum Gasteiger partial charge on any atom is 0.331 e. The highest BCUT2D eigenvalue weighted by atomic mass is 16.5. The fourth-order valence-corrected chi connectivity index (χ4v) is 2.05. The number of hydrogen-bond acceptors (Lipinski definition) is 5. The molecule has 0 aromatic heterocycles. The van der Waals surface area contributed by atoms with Crippen molar-refractivity contribution in [1.82, 2.24) is 0 Å². The van der Waals surface area contributed by atoms with Crippen LogP contribution in [-0.2, 0) is 16.1 Å². The molecular formula is C19H20O5. The molecule has 0 unspecified atom stereocenters. The van der Waals surface area contributed by atoms with E-state index in [-0.39, 0.29) is 6.61 Å². The number of esters is 1. The summed E-state index contributed by atoms with van der Waals surface area (Å²) in [4.78, 5) is 11.9. The molecule has 0 N–H and O–H groups in total. The summed E-state index contributed by atoms with van der Waals surface area (Å²) in [5.74, 6) is 1.66. The zero-order valence-electron chi connectivity index (χ0n) is 13.9. The Labute approximate surface area is 141 Å². The molecule has 0 aliphatic heterocycles. The van der Waals surface area contributed by atoms with Crippen molar-refractivity contribution in [2.24, 2.45) is 0 Å². The number of benzene rings is 2. The Morgan fingerprint density at radius 2 is 1.58 bits per heavy atom. The average molecular weight is 328 g/mol. The van der Waals surface area contributed by atoms with Gasteiger partial charge in [-0.1, -0.05) is 12.1 Å². The van der Waals surface area contributed by atoms with Crippen LogP contribution >= 0.6 is 0 Å². The van der Waals surface area contributed by atoms with Crippen LogP contribution in [0.3, 0.4) is 0 Å². The van der Waals surface area contributed by atoms with E-state index in [1.165, 1.54) is 6.08 Å². The van der Waals surface area contributed by atoms with Gasteiger partial charge in [0.25, 0.3) is 0 Å². The van der Waals surface area contributed by atoms with Crippen molar-refractivity contribution in [2.75, 3.05) is 21.3 Å². The molecule has 0 bridgehead atoms. The highest BCUT2D eigenvalue weighted by Crippen LogP contribution is 2.25. The van der Waals surface area contributed by atoms with Crippen LogP contribution < -0.4 is 14.2 Å². The maximum atomic E-state index is 11.9. The Balaban J connectivity index is 1.97. The van der Waals surface area contributed by atoms with Crippen LogP contribution in [0.4, 0.5) is 0 Å². The minimum absolute atomic E-state index is 0.197. The van der Waals surface area contributed by atoms with E-state index >= 15 is 0 Å². The van der Waals surface area contributed by atoms with Crippen LogP contribution in [0.25, 0.3) is 6.08 Å². The second-order valence-corrected chi connectivity index (χ2v) is 4.90. The van der Waals surface area contributed by atoms with Gasteiger partial charge in [0.2, 0.25) is 0 Å². The molecule has 0 saturated heterocycles. The van der Waals surface area contributed by atoms with Crippen molar-refractivity contribution in [3.05, 3.63) is 59.7 Å². The maximum absolute atomic E-state index is 11.9. The molecule has 5 heteroatoms. The van der Waals surface area contributed by atoms with Gasteiger partial charge in [0.1, 0.15) is 23.9 Å². The molecule has 0 aliphatic carbocycles. The second-order valence-electron chi connectivity index (χ2n) is 4.90. The van der Waals surface area contributed by atoms with Crippen LogP contribution in [-0.4, -0.2) is 27.3 Å². The van der Waals surface area contributed by atoms with E-state index in [4.69, 9.17) is 18.9 Å². The molecule has 0 fully saturated rings. The van der Waals surface area contributed by atoms with Gasteiger partial charge in [-0.25, -0.2) is 4.79 Å². The Morgan fingerprint density at radius 3 is 2.21 bits per heavy atom. The molecule has 0 atom stereocenters. The molecule has 0 saturated carbocycles. The predicted octanol–water partition coefficient (Wildman–Crippen LogP) is 3.47. The van der Waals surface area contributed by atoms with Crippen molar-refractivity contribution in [3.63, 3.8) is 0 Å². The number of methoxy groups -OCH3 is 3. The summed E-state index contributed by atoms with van der Waals surface area (Å²) in [5, 5.41) is 0. The third-order valence-electron chi connectivity index (χ3n) is 3.38. The predicted molar refractivity (Wildman–Crippen MR) is 91.4 cm³/mol. The van der Waals surface area contributed by atoms with Crippen molar-refractivity contribution in [2.45, 2.75) is 6.61 Å². The van der Waals surface area contributed by atoms with E-state index < -0.39 is 5.97 Å². The lowest BCUT2D eigenvalue weighted by Gasteiger charge is -2.07. The molecule has 5 nitrogen and oxygen atoms in total. The lowest BCUT2D eigenvalue weighted by molar-refractivity contribution is -0.138. The van der Waals surface area contributed by atoms with Gasteiger partial charge in [-0.15, -0.1) is 0 Å². The van der Waals surface area contributed by atoms with Gasteiger partial charge < -0.3 is 18.9 Å². The molecule has 0 aliphatic rings. The summed E-state index contributed by atoms with van der Waals surface area (Å²) in [5.41, 5.74) is 1.62. The third-order valence-corrected chi connectivity index (χ3v) is 3.38. The molecule has 0 radical (unpaired) electrons. The van der Waals surface area contributed by atoms with E-state index in [0.717, 1.165) is 16.9 Å². The van der Waals surface area contributed by atoms with Gasteiger partial charge >= 0.3 is 5.97 Å². The number of rotatable bonds is 7. The molecule has 2 aromatic rings. The van der Waals surface area contributed by atoms with E-state index in [2.05, 4.69) is 0 Å². The lowest BCUT2D eigenvalue weighted by atomic mass is 10.1. The van der Waals surface area contributed by atoms with E-state index in [9.17, 15) is 4.79 Å². The minimum Gasteiger partial charge on any atom is -0.497 e. The molecule has 2 aromatic carbocycles. The Kier molecular flexibility index (Phi) is 6.25. The highest BCUT2D eigenvalue weighted by Gasteiger charge is 2.04. The van der Waals surface area contributed by atoms with Crippen LogP contribution in [0.5, 0.6) is 17.2 Å². The molecular weight excluding hydrogens is 308 g/mol. The van der Waals surface area contributed by atoms with Crippen molar-refractivity contribution < 1.29 is 23.7 Å². The van der Waals surface area contributed by atoms with Crippen LogP contribution in [0.2, 0.25) is 0 Å². The number of ether oxygens (including phenoxy) is 4. The Hall–Kier alpha value is -2.95. The Morgan fingerprint density at radius 1 is 0.917 bits per heavy atom. The molecule has 24 heavy (non-hydrogen) atoms. The first-order valence-corrected chi connectivity index (χ1v) is 7.36. The monoisotopic (exact) mass is 328 g/mol. The number of carbonyl (C=O) groups excluding carboxylic acids is 1. The van der Waals surface area contributed by atoms with Gasteiger partial charge in [0.05, 0.1) is 21.3 Å². The molecule has 126 valence electrons. The van der Waals surface area contributed by atoms with E-state index in [0.29, 0.717) is 11.5 Å². The SMILES string of the molecule is COc1ccc(COC(=O)/C=C/c2cc(OC)ccc2OC)cc1. The largest absolute Gasteiger partial charge is 0.497 e. The average Bonchev–Trinajstić information content (AvgIpc) is 2.64. The summed E-state index contributed by atoms with van der Waals surface area (Å²) in [7, 11) is 4.76. The standard InChI is InChI=1S/C19H20O5/c1-21-16-7-4-14(5-8-16)13-24-19(20)11-6-15-12-17(22-2)9-10-18(15)23-3/h4-12H,13H2,1-3H3/b11-6+. The van der Waals surface area contributed by atoms with Crippen molar-refractivity contribution in [3.8, 4) is 17.2 Å². The van der Waals surface area contributed by atoms with Crippen LogP contribution in [0.15, 0.2) is 48.5 Å². The molecule has 2 rings (SSSR count). The topological polar surface area (TPSA) is 54.0 Å². The second kappa shape index (κ2) is 8.62. The van der Waals surface area contributed by atoms with Gasteiger partial charge in [0.15, 0.2) is 0 Å². The fraction of sp³-hybridized carbons (Fsp3) is 0.211. The lowest BCUT2D eigenvalue weighted by Crippen LogP contribution is -2.00. The van der Waals surface area contributed by atoms with Crippen LogP contribution in [0.1, 0.15) is 11.1 Å². The summed E-state index contributed by atoms with van der Waals surface area (Å²) >= 11 is 0. The summed E-state index contributed by atoms with van der Waals surface area (Å²) in [6, 6.07) is 12.7. The first kappa shape index (κ1) is 17.4. The fourth-order valence-electron chi connectivity index (χ4n) is 2.05. The van der Waals surface area contributed by atoms with Gasteiger partial charge in [-0.3, -0.25) is 0 Å². The van der Waals surface area contributed by atoms with E-state index in [1.807, 2.05) is 24.3 Å². The summed E-state index contributed by atoms with van der Waals surface area (Å²) in [6.07, 6.45) is 3.00. The van der Waals surface area contributed by atoms with E-state index in [1.54, 1.807) is 45.6 Å². The number of hydrogen-bond donors (Lipinski definition) is 0. The molecule has 0 heterocycles. The number of carbonyl (C=O) groups is 1. The Bertz CT molecular complexity index is 704. The first-order valence-electron chi connectivity index (χ1n) is 7.36. The van der Waals surface area contributed by atoms with Gasteiger partial charge in [-0.05, 0) is 42.0 Å². The quantitative estimate of drug-likeness (QED) is 0.575. The zero-order valence-corrected chi connectivity index (χ0v) is 13.9.